The number of halogens is 3. The van der Waals surface area contributed by atoms with Gasteiger partial charge in [0.1, 0.15) is 10.4 Å². The van der Waals surface area contributed by atoms with Crippen LogP contribution in [0.15, 0.2) is 50.2 Å². The van der Waals surface area contributed by atoms with Gasteiger partial charge < -0.3 is 19.7 Å². The van der Waals surface area contributed by atoms with Crippen molar-refractivity contribution in [2.45, 2.75) is 25.7 Å². The van der Waals surface area contributed by atoms with Crippen LogP contribution in [-0.2, 0) is 9.47 Å². The smallest absolute Gasteiger partial charge is 0.128 e. The number of nitrogens with one attached hydrogen (secondary N) is 1. The lowest BCUT2D eigenvalue weighted by Crippen LogP contribution is -2.51. The van der Waals surface area contributed by atoms with Crippen molar-refractivity contribution < 1.29 is 9.47 Å². The normalized spacial score (nSPS) is 22.2. The van der Waals surface area contributed by atoms with E-state index >= 15 is 0 Å². The number of nitrogens with zero attached hydrogens (tertiary/aromatic N) is 3. The van der Waals surface area contributed by atoms with Gasteiger partial charge in [-0.25, -0.2) is 9.97 Å². The quantitative estimate of drug-likeness (QED) is 0.416. The zero-order valence-corrected chi connectivity index (χ0v) is 23.5. The highest BCUT2D eigenvalue weighted by Crippen LogP contribution is 2.39. The molecule has 33 heavy (non-hydrogen) atoms. The molecular formula is C24H31Br3N4O2. The third-order valence-corrected chi connectivity index (χ3v) is 8.26. The van der Waals surface area contributed by atoms with Crippen LogP contribution in [0.5, 0.6) is 0 Å². The lowest BCUT2D eigenvalue weighted by Gasteiger charge is -2.47. The van der Waals surface area contributed by atoms with Crippen LogP contribution in [0.4, 0.5) is 5.82 Å². The summed E-state index contributed by atoms with van der Waals surface area (Å²) in [6, 6.07) is 7.94. The molecule has 2 aromatic rings. The number of anilines is 1. The maximum Gasteiger partial charge on any atom is 0.128 e. The van der Waals surface area contributed by atoms with Gasteiger partial charge in [0.05, 0.1) is 26.4 Å². The zero-order valence-electron chi connectivity index (χ0n) is 18.7. The molecule has 4 aliphatic heterocycles. The number of hydrogen-bond donors (Lipinski definition) is 1. The molecule has 6 rings (SSSR count). The van der Waals surface area contributed by atoms with Crippen LogP contribution in [-0.4, -0.2) is 62.6 Å². The fourth-order valence-electron chi connectivity index (χ4n) is 4.44. The van der Waals surface area contributed by atoms with E-state index in [1.54, 1.807) is 6.20 Å². The van der Waals surface area contributed by atoms with Crippen molar-refractivity contribution in [1.29, 1.82) is 0 Å². The summed E-state index contributed by atoms with van der Waals surface area (Å²) in [7, 11) is 0. The first-order valence-corrected chi connectivity index (χ1v) is 13.9. The zero-order chi connectivity index (χ0) is 23.2. The molecule has 0 radical (unpaired) electrons. The molecular weight excluding hydrogens is 616 g/mol. The Morgan fingerprint density at radius 2 is 1.27 bits per heavy atom. The van der Waals surface area contributed by atoms with E-state index < -0.39 is 0 Å². The van der Waals surface area contributed by atoms with E-state index in [0.29, 0.717) is 10.8 Å². The van der Waals surface area contributed by atoms with Gasteiger partial charge in [-0.15, -0.1) is 0 Å². The van der Waals surface area contributed by atoms with Crippen molar-refractivity contribution in [1.82, 2.24) is 15.3 Å². The van der Waals surface area contributed by atoms with Crippen LogP contribution >= 0.6 is 47.8 Å². The van der Waals surface area contributed by atoms with E-state index in [1.807, 2.05) is 18.3 Å². The first-order chi connectivity index (χ1) is 16.0. The second-order valence-corrected chi connectivity index (χ2v) is 12.0. The van der Waals surface area contributed by atoms with Crippen molar-refractivity contribution in [3.63, 3.8) is 0 Å². The number of pyridine rings is 2. The topological polar surface area (TPSA) is 59.5 Å². The fourth-order valence-corrected chi connectivity index (χ4v) is 5.14. The molecule has 0 unspecified atom stereocenters. The van der Waals surface area contributed by atoms with Gasteiger partial charge in [0.2, 0.25) is 0 Å². The molecule has 0 saturated carbocycles. The standard InChI is InChI=1S/C12H15BrN2O.C7H13NO.C5H3Br2N/c13-10-1-2-11(14-7-10)15-5-3-12(4-6-15)8-16-9-12;1-3-8-4-2-7(1)5-9-6-7;6-4-1-2-5(7)8-3-4/h1-2,7H,3-6,8-9H2;8H,1-6H2;1-3H. The molecule has 0 amide bonds. The van der Waals surface area contributed by atoms with Gasteiger partial charge in [0, 0.05) is 45.3 Å². The molecule has 0 bridgehead atoms. The molecule has 2 spiro atoms. The maximum absolute atomic E-state index is 5.33. The lowest BCUT2D eigenvalue weighted by molar-refractivity contribution is -0.127. The van der Waals surface area contributed by atoms with Crippen LogP contribution in [0.25, 0.3) is 0 Å². The summed E-state index contributed by atoms with van der Waals surface area (Å²) in [5.41, 5.74) is 1.12. The first kappa shape index (κ1) is 25.5. The van der Waals surface area contributed by atoms with Crippen LogP contribution < -0.4 is 10.2 Å². The van der Waals surface area contributed by atoms with Crippen molar-refractivity contribution >= 4 is 53.6 Å². The molecule has 0 aliphatic carbocycles. The summed E-state index contributed by atoms with van der Waals surface area (Å²) in [5, 5.41) is 3.35. The Balaban J connectivity index is 0.000000129. The van der Waals surface area contributed by atoms with Crippen molar-refractivity contribution in [2.75, 3.05) is 57.5 Å². The monoisotopic (exact) mass is 644 g/mol. The Morgan fingerprint density at radius 3 is 1.67 bits per heavy atom. The molecule has 6 heterocycles. The molecule has 0 aromatic carbocycles. The van der Waals surface area contributed by atoms with Crippen LogP contribution in [0.3, 0.4) is 0 Å². The molecule has 2 aromatic heterocycles. The third kappa shape index (κ3) is 7.21. The second kappa shape index (κ2) is 11.9. The molecule has 0 atom stereocenters. The van der Waals surface area contributed by atoms with Crippen molar-refractivity contribution in [3.8, 4) is 0 Å². The Kier molecular flexibility index (Phi) is 9.20. The molecule has 6 nitrogen and oxygen atoms in total. The Bertz CT molecular complexity index is 835. The van der Waals surface area contributed by atoms with Gasteiger partial charge in [-0.3, -0.25) is 0 Å². The highest BCUT2D eigenvalue weighted by molar-refractivity contribution is 9.11. The van der Waals surface area contributed by atoms with Gasteiger partial charge in [-0.2, -0.15) is 0 Å². The molecule has 4 saturated heterocycles. The highest BCUT2D eigenvalue weighted by atomic mass is 79.9. The van der Waals surface area contributed by atoms with Gasteiger partial charge in [-0.1, -0.05) is 0 Å². The highest BCUT2D eigenvalue weighted by Gasteiger charge is 2.41. The lowest BCUT2D eigenvalue weighted by atomic mass is 9.77. The van der Waals surface area contributed by atoms with Gasteiger partial charge in [0.25, 0.3) is 0 Å². The Labute approximate surface area is 221 Å². The second-order valence-electron chi connectivity index (χ2n) is 9.36. The van der Waals surface area contributed by atoms with Crippen molar-refractivity contribution in [2.24, 2.45) is 10.8 Å². The summed E-state index contributed by atoms with van der Waals surface area (Å²) in [6.45, 7) is 8.59. The molecule has 1 N–H and O–H groups in total. The fraction of sp³-hybridized carbons (Fsp3) is 0.583. The van der Waals surface area contributed by atoms with E-state index in [4.69, 9.17) is 9.47 Å². The third-order valence-electron chi connectivity index (χ3n) is 6.85. The molecule has 4 fully saturated rings. The number of ether oxygens (including phenoxy) is 2. The van der Waals surface area contributed by atoms with Gasteiger partial charge >= 0.3 is 0 Å². The number of rotatable bonds is 1. The minimum absolute atomic E-state index is 0.506. The summed E-state index contributed by atoms with van der Waals surface area (Å²) in [6.07, 6.45) is 8.74. The summed E-state index contributed by atoms with van der Waals surface area (Å²) in [4.78, 5) is 10.8. The maximum atomic E-state index is 5.33. The average Bonchev–Trinajstić information content (AvgIpc) is 2.81. The van der Waals surface area contributed by atoms with Crippen LogP contribution in [0, 0.1) is 10.8 Å². The van der Waals surface area contributed by atoms with E-state index in [9.17, 15) is 0 Å². The predicted molar refractivity (Wildman–Crippen MR) is 142 cm³/mol. The van der Waals surface area contributed by atoms with Gasteiger partial charge in [0.15, 0.2) is 0 Å². The average molecular weight is 647 g/mol. The van der Waals surface area contributed by atoms with Crippen LogP contribution in [0.1, 0.15) is 25.7 Å². The van der Waals surface area contributed by atoms with Crippen LogP contribution in [0.2, 0.25) is 0 Å². The van der Waals surface area contributed by atoms with E-state index in [2.05, 4.69) is 80.1 Å². The summed E-state index contributed by atoms with van der Waals surface area (Å²) < 4.78 is 13.4. The number of hydrogen-bond acceptors (Lipinski definition) is 6. The minimum Gasteiger partial charge on any atom is -0.380 e. The summed E-state index contributed by atoms with van der Waals surface area (Å²) in [5.74, 6) is 1.10. The summed E-state index contributed by atoms with van der Waals surface area (Å²) >= 11 is 9.89. The van der Waals surface area contributed by atoms with Crippen molar-refractivity contribution in [3.05, 3.63) is 50.2 Å². The first-order valence-electron chi connectivity index (χ1n) is 11.5. The predicted octanol–water partition coefficient (Wildman–Crippen LogP) is 5.45. The Morgan fingerprint density at radius 1 is 0.727 bits per heavy atom. The molecule has 180 valence electrons. The van der Waals surface area contributed by atoms with E-state index in [0.717, 1.165) is 58.9 Å². The number of aromatic nitrogens is 2. The molecule has 4 aliphatic rings. The van der Waals surface area contributed by atoms with E-state index in [-0.39, 0.29) is 0 Å². The largest absolute Gasteiger partial charge is 0.380 e. The minimum atomic E-state index is 0.506. The number of piperidine rings is 2. The Hall–Kier alpha value is -0.580. The molecule has 9 heteroatoms. The SMILES string of the molecule is Brc1ccc(Br)nc1.Brc1ccc(N2CCC3(CC2)COC3)nc1.C1CC2(CCN1)COC2. The van der Waals surface area contributed by atoms with Gasteiger partial charge in [-0.05, 0) is 111 Å². The van der Waals surface area contributed by atoms with E-state index in [1.165, 1.54) is 38.8 Å².